The first-order chi connectivity index (χ1) is 16.0. The summed E-state index contributed by atoms with van der Waals surface area (Å²) >= 11 is 0. The number of halogens is 1. The zero-order valence-electron chi connectivity index (χ0n) is 20.7. The SMILES string of the molecule is CCOCCOc1cc(C)ccc1CNC(=NC)NCc1c(C)nn(-c2ccccc2)c1C.I. The molecule has 7 nitrogen and oxygen atoms in total. The molecule has 0 spiro atoms. The third-order valence-corrected chi connectivity index (χ3v) is 5.46. The second kappa shape index (κ2) is 14.0. The Morgan fingerprint density at radius 3 is 2.44 bits per heavy atom. The van der Waals surface area contributed by atoms with Gasteiger partial charge in [-0.25, -0.2) is 4.68 Å². The van der Waals surface area contributed by atoms with Gasteiger partial charge in [0.15, 0.2) is 5.96 Å². The fraction of sp³-hybridized carbons (Fsp3) is 0.385. The van der Waals surface area contributed by atoms with Crippen molar-refractivity contribution in [2.45, 2.75) is 40.8 Å². The summed E-state index contributed by atoms with van der Waals surface area (Å²) in [6.07, 6.45) is 0. The minimum absolute atomic E-state index is 0. The van der Waals surface area contributed by atoms with Crippen molar-refractivity contribution in [3.05, 3.63) is 76.6 Å². The van der Waals surface area contributed by atoms with Gasteiger partial charge < -0.3 is 20.1 Å². The number of aromatic nitrogens is 2. The third-order valence-electron chi connectivity index (χ3n) is 5.46. The van der Waals surface area contributed by atoms with Crippen LogP contribution in [0.5, 0.6) is 5.75 Å². The molecule has 0 amide bonds. The Kier molecular flexibility index (Phi) is 11.4. The number of para-hydroxylation sites is 1. The molecule has 0 aliphatic carbocycles. The molecule has 0 radical (unpaired) electrons. The highest BCUT2D eigenvalue weighted by Gasteiger charge is 2.13. The number of nitrogens with one attached hydrogen (secondary N) is 2. The molecular formula is C26H36IN5O2. The Morgan fingerprint density at radius 1 is 1.00 bits per heavy atom. The van der Waals surface area contributed by atoms with Crippen LogP contribution >= 0.6 is 24.0 Å². The summed E-state index contributed by atoms with van der Waals surface area (Å²) in [6, 6.07) is 16.4. The zero-order valence-corrected chi connectivity index (χ0v) is 23.1. The number of guanidine groups is 1. The van der Waals surface area contributed by atoms with E-state index in [9.17, 15) is 0 Å². The maximum atomic E-state index is 5.96. The average molecular weight is 578 g/mol. The lowest BCUT2D eigenvalue weighted by molar-refractivity contribution is 0.110. The predicted molar refractivity (Wildman–Crippen MR) is 149 cm³/mol. The van der Waals surface area contributed by atoms with E-state index >= 15 is 0 Å². The summed E-state index contributed by atoms with van der Waals surface area (Å²) in [7, 11) is 1.77. The van der Waals surface area contributed by atoms with Crippen LogP contribution in [0.4, 0.5) is 0 Å². The number of benzene rings is 2. The normalized spacial score (nSPS) is 11.1. The smallest absolute Gasteiger partial charge is 0.191 e. The van der Waals surface area contributed by atoms with Crippen LogP contribution < -0.4 is 15.4 Å². The van der Waals surface area contributed by atoms with Crippen molar-refractivity contribution < 1.29 is 9.47 Å². The van der Waals surface area contributed by atoms with Crippen LogP contribution in [0.15, 0.2) is 53.5 Å². The van der Waals surface area contributed by atoms with Gasteiger partial charge >= 0.3 is 0 Å². The minimum atomic E-state index is 0. The van der Waals surface area contributed by atoms with E-state index in [1.54, 1.807) is 7.05 Å². The van der Waals surface area contributed by atoms with Gasteiger partial charge in [-0.15, -0.1) is 24.0 Å². The van der Waals surface area contributed by atoms with Crippen LogP contribution in [0.1, 0.15) is 35.0 Å². The van der Waals surface area contributed by atoms with Gasteiger partial charge in [0.05, 0.1) is 18.0 Å². The van der Waals surface area contributed by atoms with Gasteiger partial charge in [0, 0.05) is 43.6 Å². The first kappa shape index (κ1) is 27.7. The second-order valence-corrected chi connectivity index (χ2v) is 7.83. The maximum Gasteiger partial charge on any atom is 0.191 e. The second-order valence-electron chi connectivity index (χ2n) is 7.83. The van der Waals surface area contributed by atoms with Crippen molar-refractivity contribution >= 4 is 29.9 Å². The molecule has 0 unspecified atom stereocenters. The summed E-state index contributed by atoms with van der Waals surface area (Å²) in [6.45, 7) is 11.2. The maximum absolute atomic E-state index is 5.96. The van der Waals surface area contributed by atoms with Crippen LogP contribution in [-0.2, 0) is 17.8 Å². The molecule has 0 saturated carbocycles. The van der Waals surface area contributed by atoms with Gasteiger partial charge in [0.25, 0.3) is 0 Å². The largest absolute Gasteiger partial charge is 0.491 e. The molecule has 0 atom stereocenters. The fourth-order valence-electron chi connectivity index (χ4n) is 3.62. The molecular weight excluding hydrogens is 541 g/mol. The van der Waals surface area contributed by atoms with Crippen LogP contribution in [-0.4, -0.2) is 42.6 Å². The molecule has 184 valence electrons. The van der Waals surface area contributed by atoms with E-state index in [1.807, 2.05) is 36.7 Å². The summed E-state index contributed by atoms with van der Waals surface area (Å²) in [5.41, 5.74) is 6.58. The molecule has 0 aliphatic rings. The predicted octanol–water partition coefficient (Wildman–Crippen LogP) is 4.70. The molecule has 3 rings (SSSR count). The number of hydrogen-bond donors (Lipinski definition) is 2. The molecule has 0 saturated heterocycles. The van der Waals surface area contributed by atoms with Crippen LogP contribution in [0.2, 0.25) is 0 Å². The average Bonchev–Trinajstić information content (AvgIpc) is 3.11. The van der Waals surface area contributed by atoms with Gasteiger partial charge in [-0.1, -0.05) is 30.3 Å². The van der Waals surface area contributed by atoms with E-state index in [-0.39, 0.29) is 24.0 Å². The molecule has 0 fully saturated rings. The Balaban J connectivity index is 0.00000408. The Hall–Kier alpha value is -2.59. The Bertz CT molecular complexity index is 1070. The lowest BCUT2D eigenvalue weighted by Gasteiger charge is -2.16. The number of nitrogens with zero attached hydrogens (tertiary/aromatic N) is 3. The van der Waals surface area contributed by atoms with Crippen LogP contribution in [0, 0.1) is 20.8 Å². The number of rotatable bonds is 10. The molecule has 34 heavy (non-hydrogen) atoms. The lowest BCUT2D eigenvalue weighted by atomic mass is 10.1. The van der Waals surface area contributed by atoms with Gasteiger partial charge in [-0.05, 0) is 51.5 Å². The summed E-state index contributed by atoms with van der Waals surface area (Å²) in [5, 5.41) is 11.5. The molecule has 3 aromatic rings. The van der Waals surface area contributed by atoms with Crippen LogP contribution in [0.25, 0.3) is 5.69 Å². The fourth-order valence-corrected chi connectivity index (χ4v) is 3.62. The Labute approximate surface area is 220 Å². The van der Waals surface area contributed by atoms with E-state index < -0.39 is 0 Å². The van der Waals surface area contributed by atoms with E-state index in [2.05, 4.69) is 59.8 Å². The summed E-state index contributed by atoms with van der Waals surface area (Å²) in [4.78, 5) is 4.38. The van der Waals surface area contributed by atoms with Crippen molar-refractivity contribution in [1.82, 2.24) is 20.4 Å². The van der Waals surface area contributed by atoms with E-state index in [1.165, 1.54) is 0 Å². The van der Waals surface area contributed by atoms with E-state index in [0.29, 0.717) is 32.9 Å². The van der Waals surface area contributed by atoms with Gasteiger partial charge in [-0.3, -0.25) is 4.99 Å². The monoisotopic (exact) mass is 577 g/mol. The highest BCUT2D eigenvalue weighted by Crippen LogP contribution is 2.21. The van der Waals surface area contributed by atoms with E-state index in [0.717, 1.165) is 45.5 Å². The minimum Gasteiger partial charge on any atom is -0.491 e. The highest BCUT2D eigenvalue weighted by atomic mass is 127. The summed E-state index contributed by atoms with van der Waals surface area (Å²) < 4.78 is 13.3. The van der Waals surface area contributed by atoms with Crippen LogP contribution in [0.3, 0.4) is 0 Å². The number of ether oxygens (including phenoxy) is 2. The number of aryl methyl sites for hydroxylation is 2. The molecule has 2 N–H and O–H groups in total. The van der Waals surface area contributed by atoms with Crippen molar-refractivity contribution in [3.63, 3.8) is 0 Å². The van der Waals surface area contributed by atoms with Gasteiger partial charge in [0.2, 0.25) is 0 Å². The standard InChI is InChI=1S/C26H35N5O2.HI/c1-6-32-14-15-33-25-16-19(2)12-13-22(25)17-28-26(27-5)29-18-24-20(3)30-31(21(24)4)23-10-8-7-9-11-23;/h7-13,16H,6,14-15,17-18H2,1-5H3,(H2,27,28,29);1H. The first-order valence-corrected chi connectivity index (χ1v) is 11.4. The van der Waals surface area contributed by atoms with Gasteiger partial charge in [0.1, 0.15) is 12.4 Å². The van der Waals surface area contributed by atoms with Crippen molar-refractivity contribution in [2.24, 2.45) is 4.99 Å². The highest BCUT2D eigenvalue weighted by molar-refractivity contribution is 14.0. The topological polar surface area (TPSA) is 72.7 Å². The number of hydrogen-bond acceptors (Lipinski definition) is 4. The third kappa shape index (κ3) is 7.46. The zero-order chi connectivity index (χ0) is 23.6. The van der Waals surface area contributed by atoms with Crippen molar-refractivity contribution in [2.75, 3.05) is 26.9 Å². The van der Waals surface area contributed by atoms with Gasteiger partial charge in [-0.2, -0.15) is 5.10 Å². The molecule has 2 aromatic carbocycles. The molecule has 0 bridgehead atoms. The van der Waals surface area contributed by atoms with Crippen molar-refractivity contribution in [1.29, 1.82) is 0 Å². The lowest BCUT2D eigenvalue weighted by Crippen LogP contribution is -2.36. The quantitative estimate of drug-likeness (QED) is 0.158. The Morgan fingerprint density at radius 2 is 1.74 bits per heavy atom. The van der Waals surface area contributed by atoms with E-state index in [4.69, 9.17) is 14.6 Å². The number of aliphatic imine (C=N–C) groups is 1. The molecule has 1 heterocycles. The molecule has 8 heteroatoms. The van der Waals surface area contributed by atoms with Crippen molar-refractivity contribution in [3.8, 4) is 11.4 Å². The first-order valence-electron chi connectivity index (χ1n) is 11.4. The molecule has 1 aromatic heterocycles. The molecule has 0 aliphatic heterocycles. The summed E-state index contributed by atoms with van der Waals surface area (Å²) in [5.74, 6) is 1.59.